The summed E-state index contributed by atoms with van der Waals surface area (Å²) in [4.78, 5) is 28.7. The molecule has 1 amide bonds. The van der Waals surface area contributed by atoms with Crippen molar-refractivity contribution in [3.05, 3.63) is 65.2 Å². The summed E-state index contributed by atoms with van der Waals surface area (Å²) in [6.45, 7) is 3.27. The number of rotatable bonds is 6. The summed E-state index contributed by atoms with van der Waals surface area (Å²) in [5.41, 5.74) is -4.74. The lowest BCUT2D eigenvalue weighted by Gasteiger charge is -2.49. The topological polar surface area (TPSA) is 60.9 Å². The Balaban J connectivity index is 1.57. The number of aliphatic carboxylic acids is 1. The first-order chi connectivity index (χ1) is 19.2. The third kappa shape index (κ3) is 4.87. The maximum atomic E-state index is 16.2. The fourth-order valence-corrected chi connectivity index (χ4v) is 7.10. The number of carboxylic acid groups (broad SMARTS) is 1. The molecule has 1 saturated carbocycles. The first kappa shape index (κ1) is 29.3. The molecule has 2 fully saturated rings. The molecule has 2 aromatic carbocycles. The van der Waals surface area contributed by atoms with E-state index in [9.17, 15) is 27.9 Å². The quantitative estimate of drug-likeness (QED) is 0.407. The fraction of sp³-hybridized carbons (Fsp3) is 0.548. The SMILES string of the molecule is CCN1CC2N(C(=O)[C@]3(F)CC[C@@H](C(=O)O)CC3)CCC2(Cc2ccccc2)c2ccc(C(C)(F)C(F)(F)F)cc21. The van der Waals surface area contributed by atoms with Gasteiger partial charge in [-0.25, -0.2) is 8.78 Å². The molecular formula is C31H35F5N2O3. The fourth-order valence-electron chi connectivity index (χ4n) is 7.10. The van der Waals surface area contributed by atoms with Crippen molar-refractivity contribution in [1.82, 2.24) is 4.90 Å². The molecule has 1 aliphatic carbocycles. The van der Waals surface area contributed by atoms with Gasteiger partial charge in [-0.3, -0.25) is 9.59 Å². The van der Waals surface area contributed by atoms with Crippen molar-refractivity contribution < 1.29 is 36.6 Å². The predicted octanol–water partition coefficient (Wildman–Crippen LogP) is 6.34. The Bertz CT molecular complexity index is 1310. The van der Waals surface area contributed by atoms with Gasteiger partial charge in [0.2, 0.25) is 5.67 Å². The summed E-state index contributed by atoms with van der Waals surface area (Å²) in [5.74, 6) is -2.31. The van der Waals surface area contributed by atoms with E-state index in [4.69, 9.17) is 0 Å². The molecule has 0 bridgehead atoms. The highest BCUT2D eigenvalue weighted by atomic mass is 19.4. The van der Waals surface area contributed by atoms with E-state index in [0.717, 1.165) is 11.1 Å². The zero-order chi connectivity index (χ0) is 29.8. The van der Waals surface area contributed by atoms with E-state index in [1.165, 1.54) is 12.1 Å². The summed E-state index contributed by atoms with van der Waals surface area (Å²) in [6, 6.07) is 13.1. The van der Waals surface area contributed by atoms with Crippen molar-refractivity contribution in [2.24, 2.45) is 5.92 Å². The second-order valence-electron chi connectivity index (χ2n) is 11.9. The van der Waals surface area contributed by atoms with Gasteiger partial charge in [-0.15, -0.1) is 0 Å². The summed E-state index contributed by atoms with van der Waals surface area (Å²) in [6.07, 6.45) is -4.33. The number of carbonyl (C=O) groups excluding carboxylic acids is 1. The molecule has 3 aliphatic rings. The Morgan fingerprint density at radius 2 is 1.68 bits per heavy atom. The van der Waals surface area contributed by atoms with Crippen LogP contribution in [-0.4, -0.2) is 59.4 Å². The highest BCUT2D eigenvalue weighted by molar-refractivity contribution is 5.87. The van der Waals surface area contributed by atoms with Crippen LogP contribution in [0.5, 0.6) is 0 Å². The number of halogens is 5. The molecule has 41 heavy (non-hydrogen) atoms. The van der Waals surface area contributed by atoms with Crippen LogP contribution in [0.2, 0.25) is 0 Å². The summed E-state index contributed by atoms with van der Waals surface area (Å²) in [5, 5.41) is 9.34. The number of nitrogens with zero attached hydrogens (tertiary/aromatic N) is 2. The van der Waals surface area contributed by atoms with Crippen LogP contribution < -0.4 is 4.90 Å². The molecule has 0 aromatic heterocycles. The van der Waals surface area contributed by atoms with Gasteiger partial charge in [0.1, 0.15) is 0 Å². The van der Waals surface area contributed by atoms with Crippen LogP contribution >= 0.6 is 0 Å². The molecule has 2 aliphatic heterocycles. The molecule has 222 valence electrons. The number of carboxylic acids is 1. The molecular weight excluding hydrogens is 543 g/mol. The molecule has 0 spiro atoms. The molecule has 2 heterocycles. The maximum absolute atomic E-state index is 16.2. The average Bonchev–Trinajstić information content (AvgIpc) is 3.30. The van der Waals surface area contributed by atoms with Crippen LogP contribution in [0.15, 0.2) is 48.5 Å². The van der Waals surface area contributed by atoms with Gasteiger partial charge in [0.15, 0.2) is 5.67 Å². The molecule has 5 nitrogen and oxygen atoms in total. The molecule has 3 unspecified atom stereocenters. The first-order valence-electron chi connectivity index (χ1n) is 14.2. The van der Waals surface area contributed by atoms with Crippen molar-refractivity contribution in [2.75, 3.05) is 24.5 Å². The largest absolute Gasteiger partial charge is 0.481 e. The van der Waals surface area contributed by atoms with Gasteiger partial charge in [0, 0.05) is 36.3 Å². The van der Waals surface area contributed by atoms with Gasteiger partial charge >= 0.3 is 12.1 Å². The highest BCUT2D eigenvalue weighted by Gasteiger charge is 2.59. The van der Waals surface area contributed by atoms with Crippen LogP contribution in [0.3, 0.4) is 0 Å². The molecule has 10 heteroatoms. The van der Waals surface area contributed by atoms with Crippen LogP contribution in [0.4, 0.5) is 27.6 Å². The lowest BCUT2D eigenvalue weighted by molar-refractivity contribution is -0.228. The van der Waals surface area contributed by atoms with Crippen molar-refractivity contribution in [2.45, 2.75) is 81.3 Å². The number of anilines is 1. The van der Waals surface area contributed by atoms with E-state index >= 15 is 8.78 Å². The van der Waals surface area contributed by atoms with Crippen molar-refractivity contribution in [3.63, 3.8) is 0 Å². The van der Waals surface area contributed by atoms with Crippen LogP contribution in [0.25, 0.3) is 0 Å². The first-order valence-corrected chi connectivity index (χ1v) is 14.2. The Kier molecular flexibility index (Phi) is 7.35. The second-order valence-corrected chi connectivity index (χ2v) is 11.9. The molecule has 2 aromatic rings. The smallest absolute Gasteiger partial charge is 0.426 e. The second kappa shape index (κ2) is 10.3. The summed E-state index contributed by atoms with van der Waals surface area (Å²) >= 11 is 0. The average molecular weight is 579 g/mol. The lowest BCUT2D eigenvalue weighted by Crippen LogP contribution is -2.59. The number of likely N-dealkylation sites (N-methyl/N-ethyl adjacent to an activating group) is 1. The minimum absolute atomic E-state index is 0.0825. The van der Waals surface area contributed by atoms with E-state index in [1.54, 1.807) is 11.0 Å². The van der Waals surface area contributed by atoms with Gasteiger partial charge in [0.25, 0.3) is 5.91 Å². The van der Waals surface area contributed by atoms with Gasteiger partial charge in [0.05, 0.1) is 12.0 Å². The van der Waals surface area contributed by atoms with Crippen molar-refractivity contribution >= 4 is 17.6 Å². The van der Waals surface area contributed by atoms with Crippen LogP contribution in [0.1, 0.15) is 62.6 Å². The Labute approximate surface area is 236 Å². The number of fused-ring (bicyclic) bond motifs is 3. The number of alkyl halides is 5. The number of hydrogen-bond donors (Lipinski definition) is 1. The summed E-state index contributed by atoms with van der Waals surface area (Å²) in [7, 11) is 0. The van der Waals surface area contributed by atoms with Gasteiger partial charge in [-0.1, -0.05) is 42.5 Å². The van der Waals surface area contributed by atoms with Crippen molar-refractivity contribution in [1.29, 1.82) is 0 Å². The van der Waals surface area contributed by atoms with Crippen LogP contribution in [-0.2, 0) is 27.1 Å². The van der Waals surface area contributed by atoms with E-state index < -0.39 is 52.3 Å². The summed E-state index contributed by atoms with van der Waals surface area (Å²) < 4.78 is 72.1. The van der Waals surface area contributed by atoms with Gasteiger partial charge in [-0.05, 0) is 69.6 Å². The van der Waals surface area contributed by atoms with E-state index in [1.807, 2.05) is 42.2 Å². The number of hydrogen-bond acceptors (Lipinski definition) is 3. The van der Waals surface area contributed by atoms with Crippen LogP contribution in [0, 0.1) is 5.92 Å². The number of carbonyl (C=O) groups is 2. The number of amides is 1. The van der Waals surface area contributed by atoms with E-state index in [2.05, 4.69) is 0 Å². The highest BCUT2D eigenvalue weighted by Crippen LogP contribution is 2.53. The molecule has 1 saturated heterocycles. The predicted molar refractivity (Wildman–Crippen MR) is 144 cm³/mol. The van der Waals surface area contributed by atoms with E-state index in [-0.39, 0.29) is 38.8 Å². The van der Waals surface area contributed by atoms with Crippen molar-refractivity contribution in [3.8, 4) is 0 Å². The molecule has 5 rings (SSSR count). The van der Waals surface area contributed by atoms with Gasteiger partial charge < -0.3 is 14.9 Å². The maximum Gasteiger partial charge on any atom is 0.426 e. The minimum Gasteiger partial charge on any atom is -0.481 e. The normalized spacial score (nSPS) is 29.4. The third-order valence-corrected chi connectivity index (χ3v) is 9.67. The Morgan fingerprint density at radius 1 is 1.02 bits per heavy atom. The Hall–Kier alpha value is -3.17. The number of benzene rings is 2. The minimum atomic E-state index is -5.09. The molecule has 3 atom stereocenters. The third-order valence-electron chi connectivity index (χ3n) is 9.67. The Morgan fingerprint density at radius 3 is 2.27 bits per heavy atom. The monoisotopic (exact) mass is 578 g/mol. The standard InChI is InChI=1S/C31H35F5N2O3/c1-3-37-19-25-29(18-20-7-5-4-6-8-20,23-10-9-22(17-24(23)37)28(2,32)31(34,35)36)15-16-38(25)27(41)30(33)13-11-21(12-14-30)26(39)40/h4-10,17,21,25H,3,11-16,18-19H2,1-2H3,(H,39,40)/t21-,25?,28?,29?,30+. The van der Waals surface area contributed by atoms with Gasteiger partial charge in [-0.2, -0.15) is 13.2 Å². The molecule has 1 N–H and O–H groups in total. The van der Waals surface area contributed by atoms with E-state index in [0.29, 0.717) is 32.0 Å². The zero-order valence-corrected chi connectivity index (χ0v) is 23.2. The number of likely N-dealkylation sites (tertiary alicyclic amines) is 1. The molecule has 0 radical (unpaired) electrons. The lowest BCUT2D eigenvalue weighted by atomic mass is 9.66. The zero-order valence-electron chi connectivity index (χ0n) is 23.2.